The lowest BCUT2D eigenvalue weighted by Gasteiger charge is -2.26. The Bertz CT molecular complexity index is 168. The highest BCUT2D eigenvalue weighted by molar-refractivity contribution is 7.85. The van der Waals surface area contributed by atoms with Gasteiger partial charge in [0, 0.05) is 35.4 Å². The van der Waals surface area contributed by atoms with Gasteiger partial charge in [0.15, 0.2) is 0 Å². The molecule has 1 rings (SSSR count). The molecule has 2 nitrogen and oxygen atoms in total. The topological polar surface area (TPSA) is 29.1 Å². The smallest absolute Gasteiger partial charge is 0.0287 e. The fourth-order valence-electron chi connectivity index (χ4n) is 1.69. The van der Waals surface area contributed by atoms with Crippen LogP contribution >= 0.6 is 0 Å². The Labute approximate surface area is 83.9 Å². The Morgan fingerprint density at radius 2 is 2.23 bits per heavy atom. The van der Waals surface area contributed by atoms with Crippen molar-refractivity contribution in [2.45, 2.75) is 26.7 Å². The zero-order valence-corrected chi connectivity index (χ0v) is 9.53. The summed E-state index contributed by atoms with van der Waals surface area (Å²) >= 11 is 0. The minimum Gasteiger partial charge on any atom is -0.316 e. The molecule has 1 fully saturated rings. The van der Waals surface area contributed by atoms with Crippen LogP contribution in [0.1, 0.15) is 26.7 Å². The van der Waals surface area contributed by atoms with Crippen molar-refractivity contribution >= 4 is 10.8 Å². The van der Waals surface area contributed by atoms with E-state index in [2.05, 4.69) is 19.2 Å². The van der Waals surface area contributed by atoms with Crippen LogP contribution in [-0.2, 0) is 10.8 Å². The highest BCUT2D eigenvalue weighted by Gasteiger charge is 2.19. The molecule has 0 aromatic heterocycles. The molecule has 0 spiro atoms. The lowest BCUT2D eigenvalue weighted by atomic mass is 10.1. The van der Waals surface area contributed by atoms with Crippen molar-refractivity contribution in [3.05, 3.63) is 0 Å². The fraction of sp³-hybridized carbons (Fsp3) is 1.00. The summed E-state index contributed by atoms with van der Waals surface area (Å²) in [7, 11) is -0.570. The summed E-state index contributed by atoms with van der Waals surface area (Å²) in [5.41, 5.74) is 0. The summed E-state index contributed by atoms with van der Waals surface area (Å²) in [6.45, 7) is 6.55. The first-order valence-corrected chi connectivity index (χ1v) is 6.76. The van der Waals surface area contributed by atoms with E-state index in [1.165, 1.54) is 12.8 Å². The average Bonchev–Trinajstić information content (AvgIpc) is 1.97. The molecule has 0 aliphatic carbocycles. The van der Waals surface area contributed by atoms with Crippen LogP contribution in [-0.4, -0.2) is 28.8 Å². The molecule has 3 heteroatoms. The first-order valence-electron chi connectivity index (χ1n) is 5.28. The Morgan fingerprint density at radius 1 is 1.54 bits per heavy atom. The zero-order chi connectivity index (χ0) is 9.68. The minimum atomic E-state index is -0.570. The zero-order valence-electron chi connectivity index (χ0n) is 8.71. The second-order valence-electron chi connectivity index (χ2n) is 4.19. The first kappa shape index (κ1) is 11.2. The first-order chi connectivity index (χ1) is 6.22. The largest absolute Gasteiger partial charge is 0.316 e. The number of rotatable bonds is 6. The molecule has 2 unspecified atom stereocenters. The van der Waals surface area contributed by atoms with Gasteiger partial charge in [0.05, 0.1) is 0 Å². The van der Waals surface area contributed by atoms with Gasteiger partial charge in [0.25, 0.3) is 0 Å². The van der Waals surface area contributed by atoms with Crippen LogP contribution in [0.2, 0.25) is 0 Å². The van der Waals surface area contributed by atoms with Gasteiger partial charge in [-0.15, -0.1) is 0 Å². The van der Waals surface area contributed by atoms with Crippen LogP contribution in [0.3, 0.4) is 0 Å². The lowest BCUT2D eigenvalue weighted by Crippen LogP contribution is -2.45. The van der Waals surface area contributed by atoms with Crippen molar-refractivity contribution in [1.82, 2.24) is 5.32 Å². The van der Waals surface area contributed by atoms with Gasteiger partial charge >= 0.3 is 0 Å². The summed E-state index contributed by atoms with van der Waals surface area (Å²) in [5.74, 6) is 3.15. The van der Waals surface area contributed by atoms with Crippen molar-refractivity contribution in [2.75, 3.05) is 24.6 Å². The van der Waals surface area contributed by atoms with E-state index >= 15 is 0 Å². The Hall–Kier alpha value is 0.110. The molecule has 13 heavy (non-hydrogen) atoms. The van der Waals surface area contributed by atoms with E-state index in [1.54, 1.807) is 0 Å². The molecule has 0 saturated carbocycles. The second-order valence-corrected chi connectivity index (χ2v) is 5.74. The SMILES string of the molecule is CCCC(C)CS(=O)CC1CNC1. The third-order valence-corrected chi connectivity index (χ3v) is 4.32. The van der Waals surface area contributed by atoms with Crippen LogP contribution in [0.5, 0.6) is 0 Å². The third-order valence-electron chi connectivity index (χ3n) is 2.54. The van der Waals surface area contributed by atoms with E-state index in [4.69, 9.17) is 0 Å². The van der Waals surface area contributed by atoms with Crippen LogP contribution in [0, 0.1) is 11.8 Å². The minimum absolute atomic E-state index is 0.570. The second kappa shape index (κ2) is 5.76. The standard InChI is InChI=1S/C10H21NOS/c1-3-4-9(2)7-13(12)8-10-5-11-6-10/h9-11H,3-8H2,1-2H3. The summed E-state index contributed by atoms with van der Waals surface area (Å²) in [6, 6.07) is 0. The Balaban J connectivity index is 2.08. The molecule has 1 saturated heterocycles. The van der Waals surface area contributed by atoms with E-state index in [9.17, 15) is 4.21 Å². The van der Waals surface area contributed by atoms with Crippen molar-refractivity contribution in [1.29, 1.82) is 0 Å². The van der Waals surface area contributed by atoms with Crippen molar-refractivity contribution in [2.24, 2.45) is 11.8 Å². The molecule has 1 aliphatic heterocycles. The van der Waals surface area contributed by atoms with E-state index < -0.39 is 10.8 Å². The van der Waals surface area contributed by atoms with Gasteiger partial charge in [-0.3, -0.25) is 4.21 Å². The third kappa shape index (κ3) is 4.23. The van der Waals surface area contributed by atoms with Crippen molar-refractivity contribution in [3.8, 4) is 0 Å². The maximum atomic E-state index is 11.6. The summed E-state index contributed by atoms with van der Waals surface area (Å²) < 4.78 is 11.6. The van der Waals surface area contributed by atoms with Gasteiger partial charge in [-0.25, -0.2) is 0 Å². The Morgan fingerprint density at radius 3 is 2.69 bits per heavy atom. The van der Waals surface area contributed by atoms with Crippen LogP contribution in [0.25, 0.3) is 0 Å². The number of nitrogens with one attached hydrogen (secondary N) is 1. The maximum Gasteiger partial charge on any atom is 0.0287 e. The van der Waals surface area contributed by atoms with E-state index in [0.29, 0.717) is 11.8 Å². The summed E-state index contributed by atoms with van der Waals surface area (Å²) in [5, 5.41) is 3.21. The molecular formula is C10H21NOS. The average molecular weight is 203 g/mol. The molecule has 0 amide bonds. The summed E-state index contributed by atoms with van der Waals surface area (Å²) in [6.07, 6.45) is 2.43. The van der Waals surface area contributed by atoms with E-state index in [1.807, 2.05) is 0 Å². The normalized spacial score (nSPS) is 22.3. The molecule has 0 aromatic rings. The van der Waals surface area contributed by atoms with Gasteiger partial charge in [-0.1, -0.05) is 26.7 Å². The predicted octanol–water partition coefficient (Wildman–Crippen LogP) is 1.39. The van der Waals surface area contributed by atoms with Crippen LogP contribution < -0.4 is 5.32 Å². The molecule has 0 aromatic carbocycles. The van der Waals surface area contributed by atoms with Gasteiger partial charge < -0.3 is 5.32 Å². The summed E-state index contributed by atoms with van der Waals surface area (Å²) in [4.78, 5) is 0. The Kier molecular flexibility index (Phi) is 4.96. The highest BCUT2D eigenvalue weighted by atomic mass is 32.2. The van der Waals surface area contributed by atoms with E-state index in [-0.39, 0.29) is 0 Å². The molecule has 1 aliphatic rings. The molecule has 1 heterocycles. The predicted molar refractivity (Wildman–Crippen MR) is 58.3 cm³/mol. The van der Waals surface area contributed by atoms with Gasteiger partial charge in [0.2, 0.25) is 0 Å². The van der Waals surface area contributed by atoms with Gasteiger partial charge in [-0.2, -0.15) is 0 Å². The van der Waals surface area contributed by atoms with Gasteiger partial charge in [0.1, 0.15) is 0 Å². The molecular weight excluding hydrogens is 182 g/mol. The molecule has 2 atom stereocenters. The lowest BCUT2D eigenvalue weighted by molar-refractivity contribution is 0.382. The van der Waals surface area contributed by atoms with E-state index in [0.717, 1.165) is 24.6 Å². The quantitative estimate of drug-likeness (QED) is 0.707. The highest BCUT2D eigenvalue weighted by Crippen LogP contribution is 2.10. The molecule has 1 N–H and O–H groups in total. The fourth-order valence-corrected chi connectivity index (χ4v) is 3.39. The van der Waals surface area contributed by atoms with Crippen LogP contribution in [0.4, 0.5) is 0 Å². The molecule has 0 radical (unpaired) electrons. The molecule has 78 valence electrons. The van der Waals surface area contributed by atoms with Crippen LogP contribution in [0.15, 0.2) is 0 Å². The monoisotopic (exact) mass is 203 g/mol. The number of hydrogen-bond acceptors (Lipinski definition) is 2. The van der Waals surface area contributed by atoms with Gasteiger partial charge in [-0.05, 0) is 11.8 Å². The maximum absolute atomic E-state index is 11.6. The number of hydrogen-bond donors (Lipinski definition) is 1. The molecule has 0 bridgehead atoms. The van der Waals surface area contributed by atoms with Crippen molar-refractivity contribution < 1.29 is 4.21 Å². The van der Waals surface area contributed by atoms with Crippen molar-refractivity contribution in [3.63, 3.8) is 0 Å².